The zero-order valence-corrected chi connectivity index (χ0v) is 11.1. The van der Waals surface area contributed by atoms with E-state index in [0.29, 0.717) is 24.5 Å². The lowest BCUT2D eigenvalue weighted by molar-refractivity contribution is 0.0963. The minimum atomic E-state index is -0.143. The molecule has 1 unspecified atom stereocenters. The first kappa shape index (κ1) is 14.3. The minimum Gasteiger partial charge on any atom is -0.397 e. The summed E-state index contributed by atoms with van der Waals surface area (Å²) in [7, 11) is 1.59. The molecule has 0 spiro atoms. The molecule has 18 heavy (non-hydrogen) atoms. The molecule has 4 N–H and O–H groups in total. The van der Waals surface area contributed by atoms with Crippen LogP contribution in [0.2, 0.25) is 0 Å². The van der Waals surface area contributed by atoms with E-state index in [9.17, 15) is 4.79 Å². The van der Waals surface area contributed by atoms with Gasteiger partial charge in [-0.2, -0.15) is 0 Å². The molecule has 100 valence electrons. The Bertz CT molecular complexity index is 407. The van der Waals surface area contributed by atoms with E-state index in [2.05, 4.69) is 10.6 Å². The maximum Gasteiger partial charge on any atom is 0.251 e. The van der Waals surface area contributed by atoms with E-state index in [0.717, 1.165) is 5.69 Å². The van der Waals surface area contributed by atoms with Crippen molar-refractivity contribution in [3.63, 3.8) is 0 Å². The van der Waals surface area contributed by atoms with Gasteiger partial charge < -0.3 is 21.1 Å². The predicted molar refractivity (Wildman–Crippen MR) is 73.8 cm³/mol. The highest BCUT2D eigenvalue weighted by Crippen LogP contribution is 2.20. The average Bonchev–Trinajstić information content (AvgIpc) is 2.37. The summed E-state index contributed by atoms with van der Waals surface area (Å²) in [4.78, 5) is 11.4. The van der Waals surface area contributed by atoms with E-state index in [1.807, 2.05) is 19.9 Å². The predicted octanol–water partition coefficient (Wildman–Crippen LogP) is 1.47. The van der Waals surface area contributed by atoms with Gasteiger partial charge in [0.05, 0.1) is 18.0 Å². The Hall–Kier alpha value is -1.75. The van der Waals surface area contributed by atoms with Gasteiger partial charge in [0.15, 0.2) is 0 Å². The number of nitrogens with one attached hydrogen (secondary N) is 2. The second-order valence-corrected chi connectivity index (χ2v) is 4.09. The second kappa shape index (κ2) is 6.86. The van der Waals surface area contributed by atoms with Gasteiger partial charge in [0.1, 0.15) is 0 Å². The molecular weight excluding hydrogens is 230 g/mol. The Labute approximate surface area is 108 Å². The van der Waals surface area contributed by atoms with Gasteiger partial charge in [0.25, 0.3) is 5.91 Å². The average molecular weight is 251 g/mol. The van der Waals surface area contributed by atoms with Gasteiger partial charge in [-0.25, -0.2) is 0 Å². The van der Waals surface area contributed by atoms with Crippen LogP contribution >= 0.6 is 0 Å². The number of carbonyl (C=O) groups excluding carboxylic acids is 1. The van der Waals surface area contributed by atoms with Crippen LogP contribution in [0, 0.1) is 0 Å². The molecule has 1 atom stereocenters. The van der Waals surface area contributed by atoms with E-state index >= 15 is 0 Å². The maximum absolute atomic E-state index is 11.4. The summed E-state index contributed by atoms with van der Waals surface area (Å²) >= 11 is 0. The van der Waals surface area contributed by atoms with E-state index in [1.54, 1.807) is 19.2 Å². The zero-order chi connectivity index (χ0) is 13.5. The number of benzene rings is 1. The van der Waals surface area contributed by atoms with E-state index < -0.39 is 0 Å². The molecule has 0 heterocycles. The van der Waals surface area contributed by atoms with Crippen molar-refractivity contribution in [2.24, 2.45) is 0 Å². The Morgan fingerprint density at radius 2 is 2.22 bits per heavy atom. The summed E-state index contributed by atoms with van der Waals surface area (Å²) in [5.74, 6) is -0.143. The van der Waals surface area contributed by atoms with Crippen LogP contribution < -0.4 is 16.4 Å². The lowest BCUT2D eigenvalue weighted by Crippen LogP contribution is -2.23. The van der Waals surface area contributed by atoms with Crippen LogP contribution in [0.1, 0.15) is 24.2 Å². The first-order valence-electron chi connectivity index (χ1n) is 6.04. The standard InChI is InChI=1S/C13H21N3O2/c1-4-18-8-9(2)16-12-6-5-10(7-11(12)14)13(17)15-3/h5-7,9,16H,4,8,14H2,1-3H3,(H,15,17). The number of nitrogen functional groups attached to an aromatic ring is 1. The third kappa shape index (κ3) is 3.92. The quantitative estimate of drug-likeness (QED) is 0.669. The van der Waals surface area contributed by atoms with Crippen molar-refractivity contribution < 1.29 is 9.53 Å². The fourth-order valence-electron chi connectivity index (χ4n) is 1.58. The number of hydrogen-bond donors (Lipinski definition) is 3. The Balaban J connectivity index is 2.70. The van der Waals surface area contributed by atoms with Crippen LogP contribution in [0.5, 0.6) is 0 Å². The van der Waals surface area contributed by atoms with Gasteiger partial charge in [-0.05, 0) is 32.0 Å². The van der Waals surface area contributed by atoms with Gasteiger partial charge in [-0.15, -0.1) is 0 Å². The van der Waals surface area contributed by atoms with Crippen molar-refractivity contribution in [2.75, 3.05) is 31.3 Å². The number of carbonyl (C=O) groups is 1. The van der Waals surface area contributed by atoms with Crippen LogP contribution in [0.15, 0.2) is 18.2 Å². The van der Waals surface area contributed by atoms with E-state index in [1.165, 1.54) is 0 Å². The molecule has 0 bridgehead atoms. The largest absolute Gasteiger partial charge is 0.397 e. The van der Waals surface area contributed by atoms with Crippen LogP contribution in [-0.2, 0) is 4.74 Å². The molecule has 0 aliphatic rings. The fraction of sp³-hybridized carbons (Fsp3) is 0.462. The highest BCUT2D eigenvalue weighted by molar-refractivity contribution is 5.95. The van der Waals surface area contributed by atoms with Crippen LogP contribution in [0.25, 0.3) is 0 Å². The highest BCUT2D eigenvalue weighted by Gasteiger charge is 2.08. The molecule has 1 rings (SSSR count). The topological polar surface area (TPSA) is 76.4 Å². The molecule has 0 aliphatic heterocycles. The van der Waals surface area contributed by atoms with Crippen molar-refractivity contribution in [1.82, 2.24) is 5.32 Å². The molecule has 0 radical (unpaired) electrons. The molecular formula is C13H21N3O2. The third-order valence-electron chi connectivity index (χ3n) is 2.51. The normalized spacial score (nSPS) is 11.9. The first-order chi connectivity index (χ1) is 8.58. The maximum atomic E-state index is 11.4. The lowest BCUT2D eigenvalue weighted by Gasteiger charge is -2.17. The molecule has 5 nitrogen and oxygen atoms in total. The van der Waals surface area contributed by atoms with Crippen molar-refractivity contribution in [2.45, 2.75) is 19.9 Å². The molecule has 1 aromatic rings. The number of ether oxygens (including phenoxy) is 1. The molecule has 0 saturated heterocycles. The van der Waals surface area contributed by atoms with Gasteiger partial charge in [0.2, 0.25) is 0 Å². The van der Waals surface area contributed by atoms with Crippen molar-refractivity contribution in [1.29, 1.82) is 0 Å². The lowest BCUT2D eigenvalue weighted by atomic mass is 10.1. The number of nitrogens with two attached hydrogens (primary N) is 1. The molecule has 0 aromatic heterocycles. The Kier molecular flexibility index (Phi) is 5.45. The fourth-order valence-corrected chi connectivity index (χ4v) is 1.58. The number of rotatable bonds is 6. The molecule has 1 amide bonds. The summed E-state index contributed by atoms with van der Waals surface area (Å²) in [6, 6.07) is 5.38. The van der Waals surface area contributed by atoms with Crippen molar-refractivity contribution in [3.8, 4) is 0 Å². The third-order valence-corrected chi connectivity index (χ3v) is 2.51. The zero-order valence-electron chi connectivity index (χ0n) is 11.1. The van der Waals surface area contributed by atoms with E-state index in [4.69, 9.17) is 10.5 Å². The van der Waals surface area contributed by atoms with Gasteiger partial charge in [-0.3, -0.25) is 4.79 Å². The second-order valence-electron chi connectivity index (χ2n) is 4.09. The first-order valence-corrected chi connectivity index (χ1v) is 6.04. The number of hydrogen-bond acceptors (Lipinski definition) is 4. The summed E-state index contributed by atoms with van der Waals surface area (Å²) in [6.45, 7) is 5.28. The number of anilines is 2. The number of amides is 1. The molecule has 0 aliphatic carbocycles. The SMILES string of the molecule is CCOCC(C)Nc1ccc(C(=O)NC)cc1N. The molecule has 0 saturated carbocycles. The molecule has 0 fully saturated rings. The van der Waals surface area contributed by atoms with Gasteiger partial charge in [0, 0.05) is 25.3 Å². The van der Waals surface area contributed by atoms with Crippen molar-refractivity contribution in [3.05, 3.63) is 23.8 Å². The highest BCUT2D eigenvalue weighted by atomic mass is 16.5. The smallest absolute Gasteiger partial charge is 0.251 e. The van der Waals surface area contributed by atoms with Gasteiger partial charge >= 0.3 is 0 Å². The monoisotopic (exact) mass is 251 g/mol. The minimum absolute atomic E-state index is 0.143. The van der Waals surface area contributed by atoms with E-state index in [-0.39, 0.29) is 11.9 Å². The molecule has 5 heteroatoms. The summed E-state index contributed by atoms with van der Waals surface area (Å²) < 4.78 is 5.32. The summed E-state index contributed by atoms with van der Waals surface area (Å²) in [6.07, 6.45) is 0. The van der Waals surface area contributed by atoms with Gasteiger partial charge in [-0.1, -0.05) is 0 Å². The van der Waals surface area contributed by atoms with Crippen LogP contribution in [0.3, 0.4) is 0 Å². The Morgan fingerprint density at radius 3 is 2.78 bits per heavy atom. The molecule has 1 aromatic carbocycles. The van der Waals surface area contributed by atoms with Crippen LogP contribution in [-0.4, -0.2) is 32.2 Å². The summed E-state index contributed by atoms with van der Waals surface area (Å²) in [5, 5.41) is 5.81. The van der Waals surface area contributed by atoms with Crippen LogP contribution in [0.4, 0.5) is 11.4 Å². The Morgan fingerprint density at radius 1 is 1.50 bits per heavy atom. The van der Waals surface area contributed by atoms with Crippen molar-refractivity contribution >= 4 is 17.3 Å². The summed E-state index contributed by atoms with van der Waals surface area (Å²) in [5.41, 5.74) is 7.83.